The van der Waals surface area contributed by atoms with Crippen LogP contribution in [0, 0.1) is 5.92 Å². The minimum Gasteiger partial charge on any atom is -0.495 e. The summed E-state index contributed by atoms with van der Waals surface area (Å²) in [5, 5.41) is 0. The molecule has 0 N–H and O–H groups in total. The highest BCUT2D eigenvalue weighted by atomic mass is 16.5. The van der Waals surface area contributed by atoms with E-state index in [4.69, 9.17) is 9.47 Å². The molecule has 3 atom stereocenters. The molecule has 2 fully saturated rings. The summed E-state index contributed by atoms with van der Waals surface area (Å²) in [7, 11) is 0. The van der Waals surface area contributed by atoms with Gasteiger partial charge in [-0.15, -0.1) is 0 Å². The van der Waals surface area contributed by atoms with Crippen molar-refractivity contribution in [3.63, 3.8) is 0 Å². The third kappa shape index (κ3) is 2.33. The fourth-order valence-corrected chi connectivity index (χ4v) is 3.83. The van der Waals surface area contributed by atoms with Gasteiger partial charge in [-0.1, -0.05) is 19.9 Å². The molecule has 0 saturated heterocycles. The predicted molar refractivity (Wildman–Crippen MR) is 65.4 cm³/mol. The maximum absolute atomic E-state index is 10.7. The Morgan fingerprint density at radius 3 is 2.88 bits per heavy atom. The summed E-state index contributed by atoms with van der Waals surface area (Å²) in [5.74, 6) is 0.623. The number of rotatable bonds is 5. The molecule has 0 heterocycles. The van der Waals surface area contributed by atoms with E-state index in [-0.39, 0.29) is 11.2 Å². The Kier molecular flexibility index (Phi) is 3.45. The lowest BCUT2D eigenvalue weighted by Gasteiger charge is -2.51. The molecule has 17 heavy (non-hydrogen) atoms. The highest BCUT2D eigenvalue weighted by Crippen LogP contribution is 2.51. The molecule has 0 radical (unpaired) electrons. The number of ether oxygens (including phenoxy) is 2. The van der Waals surface area contributed by atoms with Crippen LogP contribution in [0.25, 0.3) is 0 Å². The van der Waals surface area contributed by atoms with E-state index in [0.717, 1.165) is 38.5 Å². The maximum atomic E-state index is 10.7. The van der Waals surface area contributed by atoms with Gasteiger partial charge in [0.25, 0.3) is 6.47 Å². The average Bonchev–Trinajstić information content (AvgIpc) is 2.29. The molecule has 3 nitrogen and oxygen atoms in total. The zero-order valence-corrected chi connectivity index (χ0v) is 10.6. The molecule has 2 rings (SSSR count). The maximum Gasteiger partial charge on any atom is 0.293 e. The summed E-state index contributed by atoms with van der Waals surface area (Å²) >= 11 is 0. The van der Waals surface area contributed by atoms with Crippen molar-refractivity contribution in [2.45, 2.75) is 63.1 Å². The quantitative estimate of drug-likeness (QED) is 0.545. The van der Waals surface area contributed by atoms with Crippen molar-refractivity contribution in [1.29, 1.82) is 0 Å². The molecule has 2 aliphatic carbocycles. The van der Waals surface area contributed by atoms with Crippen LogP contribution in [0.15, 0.2) is 12.8 Å². The van der Waals surface area contributed by atoms with Crippen LogP contribution in [0.5, 0.6) is 0 Å². The summed E-state index contributed by atoms with van der Waals surface area (Å²) in [6.45, 7) is 6.43. The average molecular weight is 238 g/mol. The molecular formula is C14H22O3. The number of fused-ring (bicyclic) bond motifs is 2. The molecule has 2 bridgehead atoms. The highest BCUT2D eigenvalue weighted by Gasteiger charge is 2.51. The summed E-state index contributed by atoms with van der Waals surface area (Å²) in [5.41, 5.74) is -0.448. The van der Waals surface area contributed by atoms with Gasteiger partial charge in [0.1, 0.15) is 11.2 Å². The lowest BCUT2D eigenvalue weighted by molar-refractivity contribution is -0.176. The van der Waals surface area contributed by atoms with Gasteiger partial charge in [0, 0.05) is 6.42 Å². The van der Waals surface area contributed by atoms with Gasteiger partial charge in [-0.2, -0.15) is 0 Å². The van der Waals surface area contributed by atoms with E-state index in [1.807, 2.05) is 0 Å². The zero-order valence-electron chi connectivity index (χ0n) is 10.6. The van der Waals surface area contributed by atoms with Crippen LogP contribution in [-0.2, 0) is 14.3 Å². The molecular weight excluding hydrogens is 216 g/mol. The largest absolute Gasteiger partial charge is 0.495 e. The smallest absolute Gasteiger partial charge is 0.293 e. The van der Waals surface area contributed by atoms with Crippen LogP contribution in [-0.4, -0.2) is 17.7 Å². The molecule has 0 aromatic carbocycles. The first kappa shape index (κ1) is 12.5. The first-order valence-corrected chi connectivity index (χ1v) is 6.58. The van der Waals surface area contributed by atoms with Gasteiger partial charge in [0.05, 0.1) is 6.26 Å². The molecule has 0 aromatic rings. The van der Waals surface area contributed by atoms with Crippen molar-refractivity contribution in [3.8, 4) is 0 Å². The van der Waals surface area contributed by atoms with Crippen molar-refractivity contribution in [3.05, 3.63) is 12.8 Å². The second kappa shape index (κ2) is 4.71. The van der Waals surface area contributed by atoms with Crippen molar-refractivity contribution in [1.82, 2.24) is 0 Å². The van der Waals surface area contributed by atoms with Crippen LogP contribution in [0.2, 0.25) is 0 Å². The van der Waals surface area contributed by atoms with Gasteiger partial charge < -0.3 is 9.47 Å². The van der Waals surface area contributed by atoms with E-state index < -0.39 is 0 Å². The Morgan fingerprint density at radius 1 is 1.41 bits per heavy atom. The van der Waals surface area contributed by atoms with Gasteiger partial charge in [-0.25, -0.2) is 0 Å². The van der Waals surface area contributed by atoms with E-state index >= 15 is 0 Å². The molecule has 3 heteroatoms. The van der Waals surface area contributed by atoms with Gasteiger partial charge >= 0.3 is 0 Å². The third-order valence-corrected chi connectivity index (χ3v) is 4.49. The van der Waals surface area contributed by atoms with E-state index in [9.17, 15) is 4.79 Å². The van der Waals surface area contributed by atoms with Crippen molar-refractivity contribution in [2.75, 3.05) is 0 Å². The Balaban J connectivity index is 2.22. The summed E-state index contributed by atoms with van der Waals surface area (Å²) in [6.07, 6.45) is 8.74. The minimum absolute atomic E-state index is 0.173. The Bertz CT molecular complexity index is 292. The van der Waals surface area contributed by atoms with Crippen molar-refractivity contribution >= 4 is 6.47 Å². The van der Waals surface area contributed by atoms with E-state index in [1.54, 1.807) is 6.26 Å². The van der Waals surface area contributed by atoms with E-state index in [2.05, 4.69) is 13.5 Å². The number of carbonyl (C=O) groups is 1. The van der Waals surface area contributed by atoms with E-state index in [0.29, 0.717) is 12.4 Å². The van der Waals surface area contributed by atoms with Crippen LogP contribution < -0.4 is 0 Å². The van der Waals surface area contributed by atoms with Gasteiger partial charge in [0.2, 0.25) is 0 Å². The molecule has 2 saturated carbocycles. The van der Waals surface area contributed by atoms with Gasteiger partial charge in [-0.3, -0.25) is 4.79 Å². The van der Waals surface area contributed by atoms with Crippen LogP contribution in [0.4, 0.5) is 0 Å². The van der Waals surface area contributed by atoms with Crippen LogP contribution >= 0.6 is 0 Å². The normalized spacial score (nSPS) is 40.4. The fraction of sp³-hybridized carbons (Fsp3) is 0.786. The van der Waals surface area contributed by atoms with Crippen LogP contribution in [0.3, 0.4) is 0 Å². The SMILES string of the molecule is C=COC1(CC)CC2CCCC(OC=O)(C2)C1. The first-order chi connectivity index (χ1) is 8.17. The molecule has 3 unspecified atom stereocenters. The summed E-state index contributed by atoms with van der Waals surface area (Å²) in [4.78, 5) is 10.7. The standard InChI is InChI=1S/C14H22O3/c1-3-13(16-4-2)8-12-6-5-7-14(9-12,10-13)17-11-15/h4,11-12H,2-3,5-10H2,1H3. The monoisotopic (exact) mass is 238 g/mol. The molecule has 2 aliphatic rings. The zero-order chi connectivity index (χ0) is 12.4. The second-order valence-corrected chi connectivity index (χ2v) is 5.56. The first-order valence-electron chi connectivity index (χ1n) is 6.58. The van der Waals surface area contributed by atoms with Gasteiger partial charge in [-0.05, 0) is 38.0 Å². The minimum atomic E-state index is -0.276. The Hall–Kier alpha value is -0.990. The second-order valence-electron chi connectivity index (χ2n) is 5.56. The van der Waals surface area contributed by atoms with Gasteiger partial charge in [0.15, 0.2) is 0 Å². The molecule has 0 amide bonds. The fourth-order valence-electron chi connectivity index (χ4n) is 3.83. The molecule has 0 aliphatic heterocycles. The lowest BCUT2D eigenvalue weighted by Crippen LogP contribution is -2.52. The number of hydrogen-bond donors (Lipinski definition) is 0. The predicted octanol–water partition coefficient (Wildman–Crippen LogP) is 3.19. The Morgan fingerprint density at radius 2 is 2.24 bits per heavy atom. The topological polar surface area (TPSA) is 35.5 Å². The van der Waals surface area contributed by atoms with Crippen LogP contribution in [0.1, 0.15) is 51.9 Å². The van der Waals surface area contributed by atoms with Crippen molar-refractivity contribution < 1.29 is 14.3 Å². The molecule has 96 valence electrons. The number of carbonyl (C=O) groups excluding carboxylic acids is 1. The highest BCUT2D eigenvalue weighted by molar-refractivity contribution is 5.38. The summed E-state index contributed by atoms with van der Waals surface area (Å²) in [6, 6.07) is 0. The molecule has 0 spiro atoms. The third-order valence-electron chi connectivity index (χ3n) is 4.49. The lowest BCUT2D eigenvalue weighted by atomic mass is 9.62. The Labute approximate surface area is 103 Å². The molecule has 0 aromatic heterocycles. The summed E-state index contributed by atoms with van der Waals surface area (Å²) < 4.78 is 11.2. The van der Waals surface area contributed by atoms with E-state index in [1.165, 1.54) is 6.42 Å². The van der Waals surface area contributed by atoms with Crippen molar-refractivity contribution in [2.24, 2.45) is 5.92 Å². The number of hydrogen-bond acceptors (Lipinski definition) is 3.